The van der Waals surface area contributed by atoms with Gasteiger partial charge < -0.3 is 14.4 Å². The summed E-state index contributed by atoms with van der Waals surface area (Å²) in [5.74, 6) is 1.24. The molecule has 0 unspecified atom stereocenters. The van der Waals surface area contributed by atoms with Crippen molar-refractivity contribution in [3.8, 4) is 11.6 Å². The molecule has 0 radical (unpaired) electrons. The molecular formula is C21H27N3O3. The molecule has 1 amide bonds. The van der Waals surface area contributed by atoms with Crippen molar-refractivity contribution >= 4 is 5.91 Å². The molecule has 2 heterocycles. The maximum absolute atomic E-state index is 12.6. The topological polar surface area (TPSA) is 56.6 Å². The summed E-state index contributed by atoms with van der Waals surface area (Å²) >= 11 is 0. The number of carbonyl (C=O) groups excluding carboxylic acids is 1. The standard InChI is InChI=1S/C21H27N3O3/c1-15-3-5-18(13-16(15)2)24-8-7-20(22-24)27-14-17-4-6-19(17)21(25)23-9-11-26-12-10-23/h3,5,7-8,13,17,19H,4,6,9-12,14H2,1-2H3/t17-,19-/m0/s1. The first-order valence-corrected chi connectivity index (χ1v) is 9.74. The molecule has 2 atom stereocenters. The van der Waals surface area contributed by atoms with Crippen LogP contribution in [0, 0.1) is 25.7 Å². The summed E-state index contributed by atoms with van der Waals surface area (Å²) < 4.78 is 13.1. The van der Waals surface area contributed by atoms with E-state index in [1.165, 1.54) is 11.1 Å². The van der Waals surface area contributed by atoms with Crippen molar-refractivity contribution in [1.29, 1.82) is 0 Å². The number of hydrogen-bond acceptors (Lipinski definition) is 4. The Morgan fingerprint density at radius 1 is 1.19 bits per heavy atom. The lowest BCUT2D eigenvalue weighted by Crippen LogP contribution is -2.49. The van der Waals surface area contributed by atoms with E-state index in [1.54, 1.807) is 0 Å². The van der Waals surface area contributed by atoms with Crippen LogP contribution < -0.4 is 4.74 Å². The van der Waals surface area contributed by atoms with E-state index >= 15 is 0 Å². The van der Waals surface area contributed by atoms with Crippen molar-refractivity contribution in [2.45, 2.75) is 26.7 Å². The smallest absolute Gasteiger partial charge is 0.233 e. The minimum Gasteiger partial charge on any atom is -0.476 e. The maximum Gasteiger partial charge on any atom is 0.233 e. The highest BCUT2D eigenvalue weighted by molar-refractivity contribution is 5.80. The number of morpholine rings is 1. The molecule has 1 aliphatic heterocycles. The number of carbonyl (C=O) groups is 1. The monoisotopic (exact) mass is 369 g/mol. The quantitative estimate of drug-likeness (QED) is 0.813. The Kier molecular flexibility index (Phi) is 5.16. The Morgan fingerprint density at radius 3 is 2.70 bits per heavy atom. The van der Waals surface area contributed by atoms with Crippen LogP contribution >= 0.6 is 0 Å². The van der Waals surface area contributed by atoms with Crippen molar-refractivity contribution in [2.75, 3.05) is 32.9 Å². The Labute approximate surface area is 160 Å². The zero-order valence-electron chi connectivity index (χ0n) is 16.1. The van der Waals surface area contributed by atoms with Crippen molar-refractivity contribution in [3.05, 3.63) is 41.6 Å². The second-order valence-corrected chi connectivity index (χ2v) is 7.56. The molecule has 1 saturated heterocycles. The van der Waals surface area contributed by atoms with Crippen LogP contribution in [0.15, 0.2) is 30.5 Å². The zero-order valence-corrected chi connectivity index (χ0v) is 16.1. The third kappa shape index (κ3) is 3.86. The number of benzene rings is 1. The first-order chi connectivity index (χ1) is 13.1. The molecule has 2 fully saturated rings. The number of nitrogens with zero attached hydrogens (tertiary/aromatic N) is 3. The zero-order chi connectivity index (χ0) is 18.8. The summed E-state index contributed by atoms with van der Waals surface area (Å²) in [6.07, 6.45) is 3.91. The van der Waals surface area contributed by atoms with Crippen LogP contribution in [-0.4, -0.2) is 53.5 Å². The molecule has 144 valence electrons. The van der Waals surface area contributed by atoms with Gasteiger partial charge in [-0.1, -0.05) is 6.07 Å². The van der Waals surface area contributed by atoms with E-state index in [9.17, 15) is 4.79 Å². The van der Waals surface area contributed by atoms with Crippen molar-refractivity contribution in [2.24, 2.45) is 11.8 Å². The molecule has 2 aliphatic rings. The summed E-state index contributed by atoms with van der Waals surface area (Å²) in [5.41, 5.74) is 3.53. The highest BCUT2D eigenvalue weighted by Crippen LogP contribution is 2.36. The fourth-order valence-corrected chi connectivity index (χ4v) is 3.70. The lowest BCUT2D eigenvalue weighted by atomic mass is 9.73. The molecule has 2 aromatic rings. The fraction of sp³-hybridized carbons (Fsp3) is 0.524. The Bertz CT molecular complexity index is 811. The average molecular weight is 369 g/mol. The third-order valence-corrected chi connectivity index (χ3v) is 5.82. The van der Waals surface area contributed by atoms with E-state index in [0.717, 1.165) is 18.5 Å². The first-order valence-electron chi connectivity index (χ1n) is 9.74. The van der Waals surface area contributed by atoms with E-state index in [2.05, 4.69) is 37.1 Å². The molecule has 1 aliphatic carbocycles. The fourth-order valence-electron chi connectivity index (χ4n) is 3.70. The molecule has 4 rings (SSSR count). The largest absolute Gasteiger partial charge is 0.476 e. The Hall–Kier alpha value is -2.34. The van der Waals surface area contributed by atoms with E-state index in [0.29, 0.717) is 38.8 Å². The molecule has 0 bridgehead atoms. The summed E-state index contributed by atoms with van der Waals surface area (Å²) in [6.45, 7) is 7.47. The third-order valence-electron chi connectivity index (χ3n) is 5.82. The molecule has 0 spiro atoms. The van der Waals surface area contributed by atoms with Gasteiger partial charge in [-0.25, -0.2) is 4.68 Å². The molecule has 27 heavy (non-hydrogen) atoms. The highest BCUT2D eigenvalue weighted by Gasteiger charge is 2.39. The number of hydrogen-bond donors (Lipinski definition) is 0. The van der Waals surface area contributed by atoms with Gasteiger partial charge in [-0.3, -0.25) is 4.79 Å². The maximum atomic E-state index is 12.6. The van der Waals surface area contributed by atoms with Crippen molar-refractivity contribution in [1.82, 2.24) is 14.7 Å². The molecule has 1 aromatic heterocycles. The SMILES string of the molecule is Cc1ccc(-n2ccc(OC[C@@H]3CC[C@@H]3C(=O)N3CCOCC3)n2)cc1C. The Morgan fingerprint density at radius 2 is 2.00 bits per heavy atom. The summed E-state index contributed by atoms with van der Waals surface area (Å²) in [6, 6.07) is 8.16. The number of ether oxygens (including phenoxy) is 2. The van der Waals surface area contributed by atoms with Gasteiger partial charge in [-0.15, -0.1) is 5.10 Å². The van der Waals surface area contributed by atoms with Gasteiger partial charge in [0.05, 0.1) is 25.5 Å². The minimum absolute atomic E-state index is 0.0879. The van der Waals surface area contributed by atoms with Gasteiger partial charge >= 0.3 is 0 Å². The van der Waals surface area contributed by atoms with Gasteiger partial charge in [-0.2, -0.15) is 0 Å². The van der Waals surface area contributed by atoms with Crippen LogP contribution in [0.4, 0.5) is 0 Å². The molecular weight excluding hydrogens is 342 g/mol. The lowest BCUT2D eigenvalue weighted by Gasteiger charge is -2.39. The molecule has 6 nitrogen and oxygen atoms in total. The number of aryl methyl sites for hydroxylation is 2. The van der Waals surface area contributed by atoms with Gasteiger partial charge in [0.25, 0.3) is 0 Å². The molecule has 1 aromatic carbocycles. The molecule has 6 heteroatoms. The van der Waals surface area contributed by atoms with E-state index in [-0.39, 0.29) is 17.7 Å². The Balaban J connectivity index is 1.33. The van der Waals surface area contributed by atoms with Crippen molar-refractivity contribution in [3.63, 3.8) is 0 Å². The van der Waals surface area contributed by atoms with Gasteiger partial charge in [0, 0.05) is 37.2 Å². The summed E-state index contributed by atoms with van der Waals surface area (Å²) in [5, 5.41) is 4.52. The summed E-state index contributed by atoms with van der Waals surface area (Å²) in [4.78, 5) is 14.6. The van der Waals surface area contributed by atoms with Crippen LogP contribution in [0.2, 0.25) is 0 Å². The molecule has 0 N–H and O–H groups in total. The number of aromatic nitrogens is 2. The van der Waals surface area contributed by atoms with Crippen LogP contribution in [0.5, 0.6) is 5.88 Å². The molecule has 1 saturated carbocycles. The van der Waals surface area contributed by atoms with Crippen LogP contribution in [-0.2, 0) is 9.53 Å². The normalized spacial score (nSPS) is 22.4. The van der Waals surface area contributed by atoms with Gasteiger partial charge in [0.1, 0.15) is 0 Å². The highest BCUT2D eigenvalue weighted by atomic mass is 16.5. The van der Waals surface area contributed by atoms with Crippen LogP contribution in [0.25, 0.3) is 5.69 Å². The van der Waals surface area contributed by atoms with E-state index in [4.69, 9.17) is 9.47 Å². The number of rotatable bonds is 5. The second kappa shape index (κ2) is 7.72. The first kappa shape index (κ1) is 18.0. The van der Waals surface area contributed by atoms with Gasteiger partial charge in [0.2, 0.25) is 11.8 Å². The second-order valence-electron chi connectivity index (χ2n) is 7.56. The predicted molar refractivity (Wildman–Crippen MR) is 102 cm³/mol. The van der Waals surface area contributed by atoms with Crippen molar-refractivity contribution < 1.29 is 14.3 Å². The average Bonchev–Trinajstić information content (AvgIpc) is 3.13. The van der Waals surface area contributed by atoms with Gasteiger partial charge in [0.15, 0.2) is 0 Å². The number of amides is 1. The van der Waals surface area contributed by atoms with E-state index in [1.807, 2.05) is 21.8 Å². The van der Waals surface area contributed by atoms with Crippen LogP contribution in [0.1, 0.15) is 24.0 Å². The van der Waals surface area contributed by atoms with E-state index < -0.39 is 0 Å². The van der Waals surface area contributed by atoms with Gasteiger partial charge in [-0.05, 0) is 49.9 Å². The predicted octanol–water partition coefficient (Wildman–Crippen LogP) is 2.75. The lowest BCUT2D eigenvalue weighted by molar-refractivity contribution is -0.146. The minimum atomic E-state index is 0.0879. The summed E-state index contributed by atoms with van der Waals surface area (Å²) in [7, 11) is 0. The van der Waals surface area contributed by atoms with Crippen LogP contribution in [0.3, 0.4) is 0 Å².